The molecule has 6 rings (SSSR count). The molecule has 4 aromatic rings. The molecule has 0 bridgehead atoms. The highest BCUT2D eigenvalue weighted by atomic mass is 35.5. The standard InChI is InChI=1S/C23H17ClN4O4S/c24-16-4-3-5-17(11-16)33(29,30)28-13-27(12-15-8-9-20-21(10-15)32-14-31-20)22-23(28)26-19-7-2-1-6-18(19)25-22/h1-11H,12-14H2. The summed E-state index contributed by atoms with van der Waals surface area (Å²) in [5, 5.41) is 0.345. The number of ether oxygens (including phenoxy) is 2. The van der Waals surface area contributed by atoms with E-state index >= 15 is 0 Å². The van der Waals surface area contributed by atoms with Crippen molar-refractivity contribution >= 4 is 44.3 Å². The fourth-order valence-corrected chi connectivity index (χ4v) is 5.66. The van der Waals surface area contributed by atoms with E-state index < -0.39 is 10.0 Å². The van der Waals surface area contributed by atoms with Crippen molar-refractivity contribution in [2.24, 2.45) is 0 Å². The van der Waals surface area contributed by atoms with Crippen molar-refractivity contribution in [1.82, 2.24) is 9.97 Å². The van der Waals surface area contributed by atoms with E-state index in [9.17, 15) is 8.42 Å². The summed E-state index contributed by atoms with van der Waals surface area (Å²) in [5.74, 6) is 2.14. The molecule has 10 heteroatoms. The molecule has 1 aromatic heterocycles. The molecule has 0 fully saturated rings. The van der Waals surface area contributed by atoms with Crippen molar-refractivity contribution in [2.75, 3.05) is 22.7 Å². The van der Waals surface area contributed by atoms with Gasteiger partial charge in [-0.25, -0.2) is 22.7 Å². The monoisotopic (exact) mass is 480 g/mol. The summed E-state index contributed by atoms with van der Waals surface area (Å²) in [7, 11) is -3.92. The second kappa shape index (κ2) is 7.50. The summed E-state index contributed by atoms with van der Waals surface area (Å²) in [6.07, 6.45) is 0. The Bertz CT molecular complexity index is 1510. The van der Waals surface area contributed by atoms with Gasteiger partial charge in [0.25, 0.3) is 10.0 Å². The van der Waals surface area contributed by atoms with Gasteiger partial charge in [-0.1, -0.05) is 35.9 Å². The zero-order valence-electron chi connectivity index (χ0n) is 17.2. The first-order valence-corrected chi connectivity index (χ1v) is 12.0. The maximum Gasteiger partial charge on any atom is 0.267 e. The van der Waals surface area contributed by atoms with Crippen LogP contribution in [0, 0.1) is 0 Å². The summed E-state index contributed by atoms with van der Waals surface area (Å²) in [6, 6.07) is 19.3. The lowest BCUT2D eigenvalue weighted by atomic mass is 10.2. The van der Waals surface area contributed by atoms with Crippen molar-refractivity contribution in [1.29, 1.82) is 0 Å². The van der Waals surface area contributed by atoms with Gasteiger partial charge in [0.15, 0.2) is 23.1 Å². The average Bonchev–Trinajstić information content (AvgIpc) is 3.42. The van der Waals surface area contributed by atoms with E-state index in [-0.39, 0.29) is 24.2 Å². The molecule has 0 atom stereocenters. The van der Waals surface area contributed by atoms with Crippen LogP contribution >= 0.6 is 11.6 Å². The number of sulfonamides is 1. The molecule has 0 saturated carbocycles. The molecule has 0 radical (unpaired) electrons. The van der Waals surface area contributed by atoms with Crippen molar-refractivity contribution in [3.8, 4) is 11.5 Å². The Morgan fingerprint density at radius 3 is 2.42 bits per heavy atom. The fourth-order valence-electron chi connectivity index (χ4n) is 3.98. The fraction of sp³-hybridized carbons (Fsp3) is 0.130. The van der Waals surface area contributed by atoms with Crippen LogP contribution in [-0.4, -0.2) is 31.8 Å². The summed E-state index contributed by atoms with van der Waals surface area (Å²) < 4.78 is 39.3. The van der Waals surface area contributed by atoms with Crippen LogP contribution in [0.25, 0.3) is 11.0 Å². The van der Waals surface area contributed by atoms with Crippen molar-refractivity contribution < 1.29 is 17.9 Å². The number of hydrogen-bond donors (Lipinski definition) is 0. The highest BCUT2D eigenvalue weighted by molar-refractivity contribution is 7.92. The Labute approximate surface area is 195 Å². The molecule has 33 heavy (non-hydrogen) atoms. The number of halogens is 1. The van der Waals surface area contributed by atoms with Crippen LogP contribution in [0.15, 0.2) is 71.6 Å². The second-order valence-corrected chi connectivity index (χ2v) is 10.00. The Morgan fingerprint density at radius 2 is 1.64 bits per heavy atom. The van der Waals surface area contributed by atoms with E-state index in [2.05, 4.69) is 4.98 Å². The first-order chi connectivity index (χ1) is 16.0. The minimum absolute atomic E-state index is 0.0644. The molecule has 0 unspecified atom stereocenters. The van der Waals surface area contributed by atoms with Gasteiger partial charge in [0.2, 0.25) is 6.79 Å². The van der Waals surface area contributed by atoms with Crippen LogP contribution < -0.4 is 18.7 Å². The molecule has 0 spiro atoms. The quantitative estimate of drug-likeness (QED) is 0.433. The predicted molar refractivity (Wildman–Crippen MR) is 124 cm³/mol. The van der Waals surface area contributed by atoms with E-state index in [0.29, 0.717) is 39.9 Å². The number of nitrogens with zero attached hydrogens (tertiary/aromatic N) is 4. The van der Waals surface area contributed by atoms with Crippen molar-refractivity contribution in [3.05, 3.63) is 77.3 Å². The minimum Gasteiger partial charge on any atom is -0.454 e. The number of aromatic nitrogens is 2. The van der Waals surface area contributed by atoms with Gasteiger partial charge in [-0.05, 0) is 48.0 Å². The molecule has 0 aliphatic carbocycles. The third-order valence-electron chi connectivity index (χ3n) is 5.56. The van der Waals surface area contributed by atoms with E-state index in [1.54, 1.807) is 12.1 Å². The second-order valence-electron chi connectivity index (χ2n) is 7.70. The van der Waals surface area contributed by atoms with Gasteiger partial charge in [-0.15, -0.1) is 0 Å². The molecule has 0 amide bonds. The summed E-state index contributed by atoms with van der Waals surface area (Å²) in [6.45, 7) is 0.668. The summed E-state index contributed by atoms with van der Waals surface area (Å²) >= 11 is 6.07. The van der Waals surface area contributed by atoms with Gasteiger partial charge >= 0.3 is 0 Å². The Balaban J connectivity index is 1.44. The van der Waals surface area contributed by atoms with Crippen LogP contribution in [-0.2, 0) is 16.6 Å². The van der Waals surface area contributed by atoms with Crippen LogP contribution in [0.1, 0.15) is 5.56 Å². The molecule has 166 valence electrons. The smallest absolute Gasteiger partial charge is 0.267 e. The first-order valence-electron chi connectivity index (χ1n) is 10.2. The van der Waals surface area contributed by atoms with Gasteiger partial charge in [-0.3, -0.25) is 0 Å². The lowest BCUT2D eigenvalue weighted by Gasteiger charge is -2.21. The van der Waals surface area contributed by atoms with Gasteiger partial charge in [-0.2, -0.15) is 0 Å². The van der Waals surface area contributed by atoms with Crippen LogP contribution in [0.3, 0.4) is 0 Å². The summed E-state index contributed by atoms with van der Waals surface area (Å²) in [4.78, 5) is 11.4. The minimum atomic E-state index is -3.92. The highest BCUT2D eigenvalue weighted by Gasteiger charge is 2.38. The SMILES string of the molecule is O=S(=O)(c1cccc(Cl)c1)N1CN(Cc2ccc3c(c2)OCO3)c2nc3ccccc3nc21. The van der Waals surface area contributed by atoms with Crippen molar-refractivity contribution in [3.63, 3.8) is 0 Å². The summed E-state index contributed by atoms with van der Waals surface area (Å²) in [5.41, 5.74) is 2.24. The zero-order valence-corrected chi connectivity index (χ0v) is 18.8. The lowest BCUT2D eigenvalue weighted by molar-refractivity contribution is 0.174. The normalized spacial score (nSPS) is 14.7. The molecule has 3 heterocycles. The first kappa shape index (κ1) is 20.1. The molecule has 2 aliphatic rings. The zero-order chi connectivity index (χ0) is 22.6. The molecular weight excluding hydrogens is 464 g/mol. The number of para-hydroxylation sites is 2. The van der Waals surface area contributed by atoms with Gasteiger partial charge in [0, 0.05) is 11.6 Å². The van der Waals surface area contributed by atoms with Gasteiger partial charge in [0.05, 0.1) is 15.9 Å². The van der Waals surface area contributed by atoms with E-state index in [4.69, 9.17) is 26.1 Å². The van der Waals surface area contributed by atoms with Crippen molar-refractivity contribution in [2.45, 2.75) is 11.4 Å². The maximum atomic E-state index is 13.6. The van der Waals surface area contributed by atoms with E-state index in [1.165, 1.54) is 16.4 Å². The Hall–Kier alpha value is -3.56. The molecule has 3 aromatic carbocycles. The van der Waals surface area contributed by atoms with E-state index in [1.807, 2.05) is 47.4 Å². The molecule has 0 N–H and O–H groups in total. The molecule has 2 aliphatic heterocycles. The topological polar surface area (TPSA) is 84.9 Å². The Morgan fingerprint density at radius 1 is 0.879 bits per heavy atom. The highest BCUT2D eigenvalue weighted by Crippen LogP contribution is 2.39. The molecule has 8 nitrogen and oxygen atoms in total. The largest absolute Gasteiger partial charge is 0.454 e. The molecule has 0 saturated heterocycles. The predicted octanol–water partition coefficient (Wildman–Crippen LogP) is 4.18. The Kier molecular flexibility index (Phi) is 4.56. The number of fused-ring (bicyclic) bond motifs is 3. The number of rotatable bonds is 4. The number of hydrogen-bond acceptors (Lipinski definition) is 7. The number of benzene rings is 3. The van der Waals surface area contributed by atoms with E-state index in [0.717, 1.165) is 5.56 Å². The van der Waals surface area contributed by atoms with Gasteiger partial charge < -0.3 is 14.4 Å². The molecular formula is C23H17ClN4O4S. The average molecular weight is 481 g/mol. The van der Waals surface area contributed by atoms with Crippen LogP contribution in [0.2, 0.25) is 5.02 Å². The third-order valence-corrected chi connectivity index (χ3v) is 7.52. The maximum absolute atomic E-state index is 13.6. The third kappa shape index (κ3) is 3.40. The lowest BCUT2D eigenvalue weighted by Crippen LogP contribution is -2.35. The van der Waals surface area contributed by atoms with Crippen LogP contribution in [0.4, 0.5) is 11.6 Å². The van der Waals surface area contributed by atoms with Crippen LogP contribution in [0.5, 0.6) is 11.5 Å². The number of anilines is 2. The van der Waals surface area contributed by atoms with Gasteiger partial charge in [0.1, 0.15) is 6.67 Å².